The summed E-state index contributed by atoms with van der Waals surface area (Å²) < 4.78 is 5.79. The van der Waals surface area contributed by atoms with E-state index in [0.717, 1.165) is 16.9 Å². The van der Waals surface area contributed by atoms with Gasteiger partial charge in [0.15, 0.2) is 0 Å². The van der Waals surface area contributed by atoms with Gasteiger partial charge in [-0.25, -0.2) is 0 Å². The minimum absolute atomic E-state index is 0.127. The van der Waals surface area contributed by atoms with Crippen molar-refractivity contribution in [3.63, 3.8) is 0 Å². The van der Waals surface area contributed by atoms with Crippen molar-refractivity contribution < 1.29 is 14.6 Å². The summed E-state index contributed by atoms with van der Waals surface area (Å²) in [5.41, 5.74) is 2.62. The number of carboxylic acids is 1. The van der Waals surface area contributed by atoms with Crippen molar-refractivity contribution in [3.8, 4) is 11.8 Å². The Kier molecular flexibility index (Phi) is 6.35. The average molecular weight is 324 g/mol. The molecule has 2 aromatic carbocycles. The molecule has 0 heterocycles. The van der Waals surface area contributed by atoms with Gasteiger partial charge in [0.25, 0.3) is 0 Å². The lowest BCUT2D eigenvalue weighted by molar-refractivity contribution is -0.137. The summed E-state index contributed by atoms with van der Waals surface area (Å²) in [5, 5.41) is 17.6. The van der Waals surface area contributed by atoms with Crippen LogP contribution in [-0.2, 0) is 17.9 Å². The number of carbonyl (C=O) groups is 1. The SMILES string of the molecule is CN(CCC(=O)O)Cc1cccc(OCc2cccc(C#N)c2)c1. The van der Waals surface area contributed by atoms with Crippen LogP contribution in [0.2, 0.25) is 0 Å². The van der Waals surface area contributed by atoms with Crippen molar-refractivity contribution in [2.24, 2.45) is 0 Å². The Morgan fingerprint density at radius 1 is 1.21 bits per heavy atom. The van der Waals surface area contributed by atoms with Gasteiger partial charge in [-0.3, -0.25) is 4.79 Å². The van der Waals surface area contributed by atoms with Gasteiger partial charge in [-0.05, 0) is 42.4 Å². The van der Waals surface area contributed by atoms with E-state index in [1.54, 1.807) is 6.07 Å². The van der Waals surface area contributed by atoms with Gasteiger partial charge in [0.1, 0.15) is 12.4 Å². The number of nitrogens with zero attached hydrogens (tertiary/aromatic N) is 2. The third-order valence-corrected chi connectivity index (χ3v) is 3.52. The van der Waals surface area contributed by atoms with Gasteiger partial charge < -0.3 is 14.7 Å². The maximum absolute atomic E-state index is 10.6. The monoisotopic (exact) mass is 324 g/mol. The number of aliphatic carboxylic acids is 1. The van der Waals surface area contributed by atoms with Gasteiger partial charge in [0.05, 0.1) is 18.1 Å². The highest BCUT2D eigenvalue weighted by molar-refractivity contribution is 5.66. The topological polar surface area (TPSA) is 73.6 Å². The Labute approximate surface area is 141 Å². The van der Waals surface area contributed by atoms with Gasteiger partial charge in [-0.15, -0.1) is 0 Å². The van der Waals surface area contributed by atoms with Crippen LogP contribution < -0.4 is 4.74 Å². The zero-order valence-corrected chi connectivity index (χ0v) is 13.6. The van der Waals surface area contributed by atoms with Gasteiger partial charge in [-0.1, -0.05) is 24.3 Å². The van der Waals surface area contributed by atoms with E-state index in [1.165, 1.54) is 0 Å². The molecule has 0 aliphatic carbocycles. The van der Waals surface area contributed by atoms with Gasteiger partial charge in [-0.2, -0.15) is 5.26 Å². The van der Waals surface area contributed by atoms with Crippen LogP contribution in [0.4, 0.5) is 0 Å². The molecular formula is C19H20N2O3. The lowest BCUT2D eigenvalue weighted by Gasteiger charge is -2.16. The molecule has 0 saturated heterocycles. The lowest BCUT2D eigenvalue weighted by Crippen LogP contribution is -2.21. The molecule has 0 aliphatic heterocycles. The molecule has 0 amide bonds. The Hall–Kier alpha value is -2.84. The molecular weight excluding hydrogens is 304 g/mol. The molecule has 2 aromatic rings. The van der Waals surface area contributed by atoms with Crippen LogP contribution in [0.25, 0.3) is 0 Å². The van der Waals surface area contributed by atoms with Crippen LogP contribution in [0.3, 0.4) is 0 Å². The number of ether oxygens (including phenoxy) is 1. The highest BCUT2D eigenvalue weighted by atomic mass is 16.5. The molecule has 0 atom stereocenters. The van der Waals surface area contributed by atoms with Crippen LogP contribution in [-0.4, -0.2) is 29.6 Å². The fraction of sp³-hybridized carbons (Fsp3) is 0.263. The highest BCUT2D eigenvalue weighted by Gasteiger charge is 2.05. The molecule has 1 N–H and O–H groups in total. The molecule has 0 fully saturated rings. The number of rotatable bonds is 8. The molecule has 0 saturated carbocycles. The normalized spacial score (nSPS) is 10.4. The Morgan fingerprint density at radius 2 is 1.96 bits per heavy atom. The van der Waals surface area contributed by atoms with Crippen LogP contribution >= 0.6 is 0 Å². The van der Waals surface area contributed by atoms with E-state index in [9.17, 15) is 4.79 Å². The van der Waals surface area contributed by atoms with Gasteiger partial charge in [0, 0.05) is 13.1 Å². The van der Waals surface area contributed by atoms with Crippen LogP contribution in [0.15, 0.2) is 48.5 Å². The van der Waals surface area contributed by atoms with E-state index >= 15 is 0 Å². The van der Waals surface area contributed by atoms with Crippen LogP contribution in [0, 0.1) is 11.3 Å². The number of carboxylic acid groups (broad SMARTS) is 1. The fourth-order valence-electron chi connectivity index (χ4n) is 2.31. The molecule has 0 bridgehead atoms. The number of benzene rings is 2. The lowest BCUT2D eigenvalue weighted by atomic mass is 10.1. The maximum atomic E-state index is 10.6. The average Bonchev–Trinajstić information content (AvgIpc) is 2.59. The van der Waals surface area contributed by atoms with Crippen molar-refractivity contribution in [1.82, 2.24) is 4.90 Å². The predicted octanol–water partition coefficient (Wildman–Crippen LogP) is 3.04. The molecule has 0 spiro atoms. The first-order chi connectivity index (χ1) is 11.6. The standard InChI is InChI=1S/C19H20N2O3/c1-21(9-8-19(22)23)13-16-5-3-7-18(11-16)24-14-17-6-2-4-15(10-17)12-20/h2-7,10-11H,8-9,13-14H2,1H3,(H,22,23). The summed E-state index contributed by atoms with van der Waals surface area (Å²) in [5.74, 6) is -0.0416. The smallest absolute Gasteiger partial charge is 0.304 e. The second kappa shape index (κ2) is 8.70. The van der Waals surface area contributed by atoms with E-state index in [2.05, 4.69) is 6.07 Å². The van der Waals surface area contributed by atoms with Crippen molar-refractivity contribution in [2.75, 3.05) is 13.6 Å². The molecule has 0 aromatic heterocycles. The minimum Gasteiger partial charge on any atom is -0.489 e. The van der Waals surface area contributed by atoms with Crippen LogP contribution in [0.5, 0.6) is 5.75 Å². The molecule has 0 unspecified atom stereocenters. The van der Waals surface area contributed by atoms with E-state index in [4.69, 9.17) is 15.1 Å². The van der Waals surface area contributed by atoms with Gasteiger partial charge in [0.2, 0.25) is 0 Å². The number of hydrogen-bond donors (Lipinski definition) is 1. The Balaban J connectivity index is 1.92. The second-order valence-corrected chi connectivity index (χ2v) is 5.63. The van der Waals surface area contributed by atoms with E-state index in [1.807, 2.05) is 54.4 Å². The van der Waals surface area contributed by atoms with E-state index < -0.39 is 5.97 Å². The first-order valence-corrected chi connectivity index (χ1v) is 7.68. The summed E-state index contributed by atoms with van der Waals surface area (Å²) in [4.78, 5) is 12.6. The molecule has 0 radical (unpaired) electrons. The van der Waals surface area contributed by atoms with Gasteiger partial charge >= 0.3 is 5.97 Å². The largest absolute Gasteiger partial charge is 0.489 e. The molecule has 124 valence electrons. The highest BCUT2D eigenvalue weighted by Crippen LogP contribution is 2.17. The molecule has 5 nitrogen and oxygen atoms in total. The number of nitriles is 1. The van der Waals surface area contributed by atoms with E-state index in [0.29, 0.717) is 25.3 Å². The van der Waals surface area contributed by atoms with Crippen molar-refractivity contribution in [1.29, 1.82) is 5.26 Å². The zero-order valence-electron chi connectivity index (χ0n) is 13.6. The maximum Gasteiger partial charge on any atom is 0.304 e. The summed E-state index contributed by atoms with van der Waals surface area (Å²) in [6.45, 7) is 1.56. The summed E-state index contributed by atoms with van der Waals surface area (Å²) in [6.07, 6.45) is 0.127. The van der Waals surface area contributed by atoms with Crippen molar-refractivity contribution in [2.45, 2.75) is 19.6 Å². The molecule has 0 aliphatic rings. The van der Waals surface area contributed by atoms with Crippen molar-refractivity contribution in [3.05, 3.63) is 65.2 Å². The fourth-order valence-corrected chi connectivity index (χ4v) is 2.31. The summed E-state index contributed by atoms with van der Waals surface area (Å²) >= 11 is 0. The van der Waals surface area contributed by atoms with E-state index in [-0.39, 0.29) is 6.42 Å². The minimum atomic E-state index is -0.793. The zero-order chi connectivity index (χ0) is 17.4. The first kappa shape index (κ1) is 17.5. The Morgan fingerprint density at radius 3 is 2.71 bits per heavy atom. The quantitative estimate of drug-likeness (QED) is 0.808. The summed E-state index contributed by atoms with van der Waals surface area (Å²) in [7, 11) is 1.89. The second-order valence-electron chi connectivity index (χ2n) is 5.63. The predicted molar refractivity (Wildman–Crippen MR) is 90.5 cm³/mol. The van der Waals surface area contributed by atoms with Crippen molar-refractivity contribution >= 4 is 5.97 Å². The summed E-state index contributed by atoms with van der Waals surface area (Å²) in [6, 6.07) is 17.2. The Bertz CT molecular complexity index is 737. The van der Waals surface area contributed by atoms with Crippen LogP contribution in [0.1, 0.15) is 23.1 Å². The molecule has 24 heavy (non-hydrogen) atoms. The molecule has 5 heteroatoms. The third-order valence-electron chi connectivity index (χ3n) is 3.52. The third kappa shape index (κ3) is 5.75. The number of hydrogen-bond acceptors (Lipinski definition) is 4. The first-order valence-electron chi connectivity index (χ1n) is 7.68. The molecule has 2 rings (SSSR count).